The van der Waals surface area contributed by atoms with Gasteiger partial charge in [-0.15, -0.1) is 0 Å². The Kier molecular flexibility index (Phi) is 3.79. The Morgan fingerprint density at radius 3 is 2.88 bits per heavy atom. The van der Waals surface area contributed by atoms with E-state index >= 15 is 0 Å². The Labute approximate surface area is 102 Å². The number of hydrogen-bond acceptors (Lipinski definition) is 3. The molecule has 1 aliphatic heterocycles. The molecule has 1 aromatic carbocycles. The maximum absolute atomic E-state index is 9.07. The highest BCUT2D eigenvalue weighted by Gasteiger charge is 2.14. The number of ether oxygens (including phenoxy) is 1. The van der Waals surface area contributed by atoms with Crippen LogP contribution in [0.15, 0.2) is 35.9 Å². The second-order valence-electron chi connectivity index (χ2n) is 4.12. The van der Waals surface area contributed by atoms with Crippen molar-refractivity contribution in [2.24, 2.45) is 0 Å². The Hall–Kier alpha value is -1.79. The summed E-state index contributed by atoms with van der Waals surface area (Å²) in [6.45, 7) is 2.53. The zero-order valence-corrected chi connectivity index (χ0v) is 10.0. The molecule has 0 saturated carbocycles. The van der Waals surface area contributed by atoms with E-state index in [4.69, 9.17) is 10.00 Å². The largest absolute Gasteiger partial charge is 0.380 e. The van der Waals surface area contributed by atoms with Crippen LogP contribution in [0, 0.1) is 11.3 Å². The van der Waals surface area contributed by atoms with Crippen molar-refractivity contribution in [2.45, 2.75) is 6.42 Å². The van der Waals surface area contributed by atoms with Gasteiger partial charge in [-0.3, -0.25) is 0 Å². The maximum atomic E-state index is 9.07. The van der Waals surface area contributed by atoms with E-state index in [1.807, 2.05) is 24.3 Å². The van der Waals surface area contributed by atoms with E-state index in [2.05, 4.69) is 17.0 Å². The summed E-state index contributed by atoms with van der Waals surface area (Å²) >= 11 is 0. The van der Waals surface area contributed by atoms with Gasteiger partial charge in [-0.05, 0) is 24.1 Å². The molecule has 0 unspecified atom stereocenters. The summed E-state index contributed by atoms with van der Waals surface area (Å²) in [6, 6.07) is 9.99. The molecule has 3 nitrogen and oxygen atoms in total. The monoisotopic (exact) mass is 228 g/mol. The van der Waals surface area contributed by atoms with Gasteiger partial charge >= 0.3 is 0 Å². The summed E-state index contributed by atoms with van der Waals surface area (Å²) < 4.78 is 5.13. The fraction of sp³-hybridized carbons (Fsp3) is 0.357. The molecule has 0 spiro atoms. The summed E-state index contributed by atoms with van der Waals surface area (Å²) in [5.41, 5.74) is 3.12. The van der Waals surface area contributed by atoms with Gasteiger partial charge in [0.1, 0.15) is 6.07 Å². The Morgan fingerprint density at radius 2 is 2.24 bits per heavy atom. The molecule has 17 heavy (non-hydrogen) atoms. The van der Waals surface area contributed by atoms with Crippen LogP contribution in [0.25, 0.3) is 0 Å². The molecule has 0 aromatic heterocycles. The van der Waals surface area contributed by atoms with Crippen molar-refractivity contribution in [2.75, 3.05) is 31.7 Å². The topological polar surface area (TPSA) is 36.3 Å². The average molecular weight is 228 g/mol. The van der Waals surface area contributed by atoms with E-state index in [1.165, 1.54) is 5.57 Å². The zero-order valence-electron chi connectivity index (χ0n) is 10.0. The van der Waals surface area contributed by atoms with Gasteiger partial charge in [0.15, 0.2) is 0 Å². The molecular formula is C14H16N2O. The molecule has 88 valence electrons. The molecule has 0 radical (unpaired) electrons. The van der Waals surface area contributed by atoms with E-state index < -0.39 is 0 Å². The lowest BCUT2D eigenvalue weighted by molar-refractivity contribution is 0.222. The molecule has 0 N–H and O–H groups in total. The van der Waals surface area contributed by atoms with Crippen molar-refractivity contribution in [1.29, 1.82) is 5.26 Å². The van der Waals surface area contributed by atoms with Gasteiger partial charge in [-0.25, -0.2) is 0 Å². The maximum Gasteiger partial charge on any atom is 0.101 e. The van der Waals surface area contributed by atoms with E-state index in [0.717, 1.165) is 30.8 Å². The van der Waals surface area contributed by atoms with Gasteiger partial charge in [-0.1, -0.05) is 18.2 Å². The second-order valence-corrected chi connectivity index (χ2v) is 4.12. The lowest BCUT2D eigenvalue weighted by atomic mass is 10.1. The Bertz CT molecular complexity index is 460. The molecule has 0 aliphatic carbocycles. The number of nitrogens with zero attached hydrogens (tertiary/aromatic N) is 2. The van der Waals surface area contributed by atoms with Crippen molar-refractivity contribution in [3.05, 3.63) is 41.5 Å². The minimum atomic E-state index is 0.716. The summed E-state index contributed by atoms with van der Waals surface area (Å²) in [5.74, 6) is 0. The van der Waals surface area contributed by atoms with Crippen LogP contribution in [-0.4, -0.2) is 26.8 Å². The van der Waals surface area contributed by atoms with Crippen molar-refractivity contribution in [3.63, 3.8) is 0 Å². The molecule has 1 aromatic rings. The predicted octanol–water partition coefficient (Wildman–Crippen LogP) is 2.34. The molecule has 3 heteroatoms. The number of benzene rings is 1. The van der Waals surface area contributed by atoms with Crippen molar-refractivity contribution in [3.8, 4) is 6.07 Å². The van der Waals surface area contributed by atoms with Crippen LogP contribution in [0.4, 0.5) is 5.69 Å². The molecule has 0 saturated heterocycles. The second kappa shape index (κ2) is 5.51. The fourth-order valence-electron chi connectivity index (χ4n) is 2.09. The smallest absolute Gasteiger partial charge is 0.101 e. The van der Waals surface area contributed by atoms with Gasteiger partial charge in [0, 0.05) is 20.2 Å². The average Bonchev–Trinajstić information content (AvgIpc) is 2.40. The number of hydrogen-bond donors (Lipinski definition) is 0. The van der Waals surface area contributed by atoms with Gasteiger partial charge in [0.2, 0.25) is 0 Å². The highest BCUT2D eigenvalue weighted by Crippen LogP contribution is 2.23. The molecule has 2 rings (SSSR count). The van der Waals surface area contributed by atoms with Gasteiger partial charge < -0.3 is 9.64 Å². The fourth-order valence-corrected chi connectivity index (χ4v) is 2.09. The third kappa shape index (κ3) is 2.66. The minimum absolute atomic E-state index is 0.716. The predicted molar refractivity (Wildman–Crippen MR) is 67.9 cm³/mol. The van der Waals surface area contributed by atoms with Crippen LogP contribution in [-0.2, 0) is 4.74 Å². The number of anilines is 1. The van der Waals surface area contributed by atoms with Gasteiger partial charge in [0.25, 0.3) is 0 Å². The first-order chi connectivity index (χ1) is 8.35. The number of para-hydroxylation sites is 1. The molecule has 0 atom stereocenters. The molecule has 0 fully saturated rings. The number of rotatable bonds is 3. The number of nitriles is 1. The quantitative estimate of drug-likeness (QED) is 0.745. The van der Waals surface area contributed by atoms with Crippen molar-refractivity contribution >= 4 is 5.69 Å². The normalized spacial score (nSPS) is 15.3. The molecule has 1 heterocycles. The molecule has 0 amide bonds. The lowest BCUT2D eigenvalue weighted by Gasteiger charge is -2.28. The van der Waals surface area contributed by atoms with E-state index in [0.29, 0.717) is 6.61 Å². The summed E-state index contributed by atoms with van der Waals surface area (Å²) in [5, 5.41) is 9.07. The Balaban J connectivity index is 2.13. The third-order valence-corrected chi connectivity index (χ3v) is 3.00. The molecular weight excluding hydrogens is 212 g/mol. The van der Waals surface area contributed by atoms with Gasteiger partial charge in [0.05, 0.1) is 17.9 Å². The highest BCUT2D eigenvalue weighted by atomic mass is 16.5. The van der Waals surface area contributed by atoms with Crippen LogP contribution in [0.1, 0.15) is 12.0 Å². The lowest BCUT2D eigenvalue weighted by Crippen LogP contribution is -2.29. The number of methoxy groups -OCH3 is 1. The van der Waals surface area contributed by atoms with E-state index in [1.54, 1.807) is 7.11 Å². The molecule has 0 bridgehead atoms. The van der Waals surface area contributed by atoms with Crippen molar-refractivity contribution in [1.82, 2.24) is 0 Å². The van der Waals surface area contributed by atoms with E-state index in [9.17, 15) is 0 Å². The summed E-state index contributed by atoms with van der Waals surface area (Å²) in [7, 11) is 1.72. The van der Waals surface area contributed by atoms with E-state index in [-0.39, 0.29) is 0 Å². The van der Waals surface area contributed by atoms with Crippen LogP contribution in [0.3, 0.4) is 0 Å². The minimum Gasteiger partial charge on any atom is -0.380 e. The summed E-state index contributed by atoms with van der Waals surface area (Å²) in [6.07, 6.45) is 3.20. The molecule has 1 aliphatic rings. The van der Waals surface area contributed by atoms with Crippen LogP contribution < -0.4 is 4.90 Å². The highest BCUT2D eigenvalue weighted by molar-refractivity contribution is 5.60. The first kappa shape index (κ1) is 11.7. The first-order valence-corrected chi connectivity index (χ1v) is 5.76. The van der Waals surface area contributed by atoms with Crippen LogP contribution >= 0.6 is 0 Å². The summed E-state index contributed by atoms with van der Waals surface area (Å²) in [4.78, 5) is 2.23. The third-order valence-electron chi connectivity index (χ3n) is 3.00. The van der Waals surface area contributed by atoms with Crippen LogP contribution in [0.2, 0.25) is 0 Å². The zero-order chi connectivity index (χ0) is 12.1. The Morgan fingerprint density at radius 1 is 1.41 bits per heavy atom. The SMILES string of the molecule is COCC1=CCN(c2ccccc2C#N)CC1. The van der Waals surface area contributed by atoms with Crippen molar-refractivity contribution < 1.29 is 4.74 Å². The first-order valence-electron chi connectivity index (χ1n) is 5.76. The standard InChI is InChI=1S/C14H16N2O/c1-17-11-12-6-8-16(9-7-12)14-5-3-2-4-13(14)10-15/h2-6H,7-9,11H2,1H3. The van der Waals surface area contributed by atoms with Gasteiger partial charge in [-0.2, -0.15) is 5.26 Å². The van der Waals surface area contributed by atoms with Crippen LogP contribution in [0.5, 0.6) is 0 Å².